The zero-order valence-electron chi connectivity index (χ0n) is 16.7. The van der Waals surface area contributed by atoms with E-state index in [0.29, 0.717) is 26.3 Å². The average molecular weight is 437 g/mol. The first-order valence-corrected chi connectivity index (χ1v) is 10.6. The molecule has 2 aromatic heterocycles. The van der Waals surface area contributed by atoms with E-state index in [4.69, 9.17) is 17.2 Å². The number of thiocarbonyl (C=S) groups is 1. The highest BCUT2D eigenvalue weighted by atomic mass is 32.2. The number of aryl methyl sites for hydroxylation is 1. The van der Waals surface area contributed by atoms with E-state index in [9.17, 15) is 9.59 Å². The number of rotatable bonds is 4. The van der Waals surface area contributed by atoms with E-state index in [-0.39, 0.29) is 17.5 Å². The zero-order valence-corrected chi connectivity index (χ0v) is 18.4. The van der Waals surface area contributed by atoms with E-state index in [1.807, 2.05) is 50.2 Å². The summed E-state index contributed by atoms with van der Waals surface area (Å²) in [4.78, 5) is 32.4. The molecular weight excluding hydrogens is 416 g/mol. The number of hydrogen-bond donors (Lipinski definition) is 1. The van der Waals surface area contributed by atoms with Crippen LogP contribution in [0.3, 0.4) is 0 Å². The molecule has 1 amide bonds. The number of carbonyl (C=O) groups is 1. The summed E-state index contributed by atoms with van der Waals surface area (Å²) in [6.07, 6.45) is 3.28. The summed E-state index contributed by atoms with van der Waals surface area (Å²) in [6.45, 7) is 3.92. The van der Waals surface area contributed by atoms with E-state index in [2.05, 4.69) is 5.32 Å². The van der Waals surface area contributed by atoms with Crippen LogP contribution >= 0.6 is 24.0 Å². The molecule has 0 saturated carbocycles. The van der Waals surface area contributed by atoms with Gasteiger partial charge in [0.25, 0.3) is 11.5 Å². The summed E-state index contributed by atoms with van der Waals surface area (Å²) in [6, 6.07) is 13.5. The molecule has 0 unspecified atom stereocenters. The van der Waals surface area contributed by atoms with Crippen LogP contribution in [0.1, 0.15) is 29.7 Å². The largest absolute Gasteiger partial charge is 0.363 e. The summed E-state index contributed by atoms with van der Waals surface area (Å²) in [5.41, 5.74) is 2.61. The number of hydrogen-bond acceptors (Lipinski definition) is 6. The van der Waals surface area contributed by atoms with Gasteiger partial charge in [0, 0.05) is 19.3 Å². The molecule has 4 rings (SSSR count). The second kappa shape index (κ2) is 8.04. The third-order valence-electron chi connectivity index (χ3n) is 5.00. The van der Waals surface area contributed by atoms with Crippen molar-refractivity contribution in [1.29, 1.82) is 0 Å². The number of carbonyl (C=O) groups excluding carboxylic acids is 1. The fourth-order valence-electron chi connectivity index (χ4n) is 3.26. The van der Waals surface area contributed by atoms with Crippen LogP contribution in [0.5, 0.6) is 0 Å². The Balaban J connectivity index is 1.88. The lowest BCUT2D eigenvalue weighted by molar-refractivity contribution is -0.121. The van der Waals surface area contributed by atoms with Gasteiger partial charge in [-0.05, 0) is 37.1 Å². The van der Waals surface area contributed by atoms with Crippen LogP contribution in [0.2, 0.25) is 0 Å². The van der Waals surface area contributed by atoms with Crippen molar-refractivity contribution in [3.8, 4) is 0 Å². The van der Waals surface area contributed by atoms with E-state index < -0.39 is 0 Å². The summed E-state index contributed by atoms with van der Waals surface area (Å²) >= 11 is 6.40. The van der Waals surface area contributed by atoms with Crippen LogP contribution < -0.4 is 10.9 Å². The molecule has 1 fully saturated rings. The summed E-state index contributed by atoms with van der Waals surface area (Å²) in [5, 5.41) is 3.36. The molecule has 1 saturated heterocycles. The number of thioether (sulfide) groups is 1. The van der Waals surface area contributed by atoms with Crippen molar-refractivity contribution >= 4 is 51.7 Å². The Morgan fingerprint density at radius 3 is 2.57 bits per heavy atom. The van der Waals surface area contributed by atoms with Crippen molar-refractivity contribution in [3.63, 3.8) is 0 Å². The Hall–Kier alpha value is -2.97. The molecule has 3 heterocycles. The molecule has 1 atom stereocenters. The molecule has 0 radical (unpaired) electrons. The lowest BCUT2D eigenvalue weighted by Crippen LogP contribution is -2.24. The van der Waals surface area contributed by atoms with Crippen molar-refractivity contribution in [2.24, 2.45) is 0 Å². The summed E-state index contributed by atoms with van der Waals surface area (Å²) < 4.78 is 1.97. The Morgan fingerprint density at radius 2 is 1.90 bits per heavy atom. The molecule has 0 aliphatic carbocycles. The molecule has 152 valence electrons. The van der Waals surface area contributed by atoms with Gasteiger partial charge >= 0.3 is 0 Å². The maximum atomic E-state index is 13.3. The first kappa shape index (κ1) is 20.3. The third-order valence-corrected chi connectivity index (χ3v) is 6.48. The van der Waals surface area contributed by atoms with E-state index in [1.165, 1.54) is 21.1 Å². The Labute approximate surface area is 183 Å². The van der Waals surface area contributed by atoms with Crippen LogP contribution in [0.25, 0.3) is 11.7 Å². The van der Waals surface area contributed by atoms with E-state index in [0.717, 1.165) is 11.1 Å². The first-order valence-electron chi connectivity index (χ1n) is 9.42. The Morgan fingerprint density at radius 1 is 1.17 bits per heavy atom. The second-order valence-corrected chi connectivity index (χ2v) is 8.76. The minimum atomic E-state index is -0.243. The van der Waals surface area contributed by atoms with Crippen LogP contribution in [0, 0.1) is 6.92 Å². The van der Waals surface area contributed by atoms with Gasteiger partial charge < -0.3 is 5.32 Å². The highest BCUT2D eigenvalue weighted by molar-refractivity contribution is 8.26. The topological polar surface area (TPSA) is 66.7 Å². The lowest BCUT2D eigenvalue weighted by Gasteiger charge is -2.18. The molecule has 1 aliphatic heterocycles. The molecule has 1 aromatic carbocycles. The van der Waals surface area contributed by atoms with Crippen molar-refractivity contribution in [2.45, 2.75) is 19.9 Å². The Kier molecular flexibility index (Phi) is 5.44. The molecule has 1 N–H and O–H groups in total. The van der Waals surface area contributed by atoms with Gasteiger partial charge in [-0.15, -0.1) is 0 Å². The fraction of sp³-hybridized carbons (Fsp3) is 0.182. The number of amides is 1. The highest BCUT2D eigenvalue weighted by Crippen LogP contribution is 2.32. The molecule has 6 nitrogen and oxygen atoms in total. The van der Waals surface area contributed by atoms with Crippen LogP contribution in [-0.2, 0) is 4.79 Å². The summed E-state index contributed by atoms with van der Waals surface area (Å²) in [5.74, 6) is 0.216. The van der Waals surface area contributed by atoms with Crippen molar-refractivity contribution < 1.29 is 4.79 Å². The molecule has 30 heavy (non-hydrogen) atoms. The zero-order chi connectivity index (χ0) is 21.4. The number of aromatic nitrogens is 2. The monoisotopic (exact) mass is 436 g/mol. The van der Waals surface area contributed by atoms with Gasteiger partial charge in [-0.3, -0.25) is 18.9 Å². The molecular formula is C22H20N4O2S2. The second-order valence-electron chi connectivity index (χ2n) is 7.08. The minimum Gasteiger partial charge on any atom is -0.363 e. The van der Waals surface area contributed by atoms with Crippen LogP contribution in [-0.4, -0.2) is 31.6 Å². The van der Waals surface area contributed by atoms with Gasteiger partial charge in [0.15, 0.2) is 0 Å². The number of nitrogens with zero attached hydrogens (tertiary/aromatic N) is 3. The number of anilines is 1. The maximum Gasteiger partial charge on any atom is 0.267 e. The number of likely N-dealkylation sites (N-methyl/N-ethyl adjacent to an activating group) is 1. The number of fused-ring (bicyclic) bond motifs is 1. The van der Waals surface area contributed by atoms with E-state index >= 15 is 0 Å². The maximum absolute atomic E-state index is 13.3. The lowest BCUT2D eigenvalue weighted by atomic mass is 10.1. The smallest absolute Gasteiger partial charge is 0.267 e. The predicted octanol–water partition coefficient (Wildman–Crippen LogP) is 4.01. The predicted molar refractivity (Wildman–Crippen MR) is 126 cm³/mol. The van der Waals surface area contributed by atoms with E-state index in [1.54, 1.807) is 25.4 Å². The van der Waals surface area contributed by atoms with Gasteiger partial charge in [-0.2, -0.15) is 0 Å². The number of pyridine rings is 1. The Bertz CT molecular complexity index is 1250. The van der Waals surface area contributed by atoms with Crippen LogP contribution in [0.15, 0.2) is 58.4 Å². The van der Waals surface area contributed by atoms with Crippen molar-refractivity contribution in [2.75, 3.05) is 12.4 Å². The van der Waals surface area contributed by atoms with Gasteiger partial charge in [0.1, 0.15) is 15.8 Å². The first-order chi connectivity index (χ1) is 14.4. The minimum absolute atomic E-state index is 0.0857. The molecule has 0 bridgehead atoms. The summed E-state index contributed by atoms with van der Waals surface area (Å²) in [7, 11) is 1.63. The quantitative estimate of drug-likeness (QED) is 0.492. The third kappa shape index (κ3) is 3.64. The number of benzene rings is 1. The molecule has 1 aliphatic rings. The molecule has 0 spiro atoms. The SMILES string of the molecule is Cc1cccn2c(=O)c(/C=C3\SC(=S)N(C)C3=O)c(N[C@H](C)c3ccccc3)nc12. The van der Waals surface area contributed by atoms with Crippen molar-refractivity contribution in [1.82, 2.24) is 14.3 Å². The fourth-order valence-corrected chi connectivity index (χ4v) is 4.42. The van der Waals surface area contributed by atoms with Crippen molar-refractivity contribution in [3.05, 3.63) is 80.6 Å². The molecule has 8 heteroatoms. The highest BCUT2D eigenvalue weighted by Gasteiger charge is 2.29. The standard InChI is InChI=1S/C22H20N4O2S2/c1-13-8-7-11-26-19(13)24-18(23-14(2)15-9-5-4-6-10-15)16(20(26)27)12-17-21(28)25(3)22(29)30-17/h4-12,14,23H,1-3H3/b17-12-/t14-/m1/s1. The van der Waals surface area contributed by atoms with Gasteiger partial charge in [-0.1, -0.05) is 60.4 Å². The average Bonchev–Trinajstić information content (AvgIpc) is 2.98. The normalized spacial score (nSPS) is 16.5. The van der Waals surface area contributed by atoms with Gasteiger partial charge in [0.05, 0.1) is 10.5 Å². The van der Waals surface area contributed by atoms with Crippen LogP contribution in [0.4, 0.5) is 5.82 Å². The van der Waals surface area contributed by atoms with Gasteiger partial charge in [-0.25, -0.2) is 4.98 Å². The molecule has 3 aromatic rings. The van der Waals surface area contributed by atoms with Gasteiger partial charge in [0.2, 0.25) is 0 Å². The number of nitrogens with one attached hydrogen (secondary N) is 1.